The summed E-state index contributed by atoms with van der Waals surface area (Å²) in [5, 5.41) is 2.32. The lowest BCUT2D eigenvalue weighted by Gasteiger charge is -2.20. The first kappa shape index (κ1) is 14.3. The molecule has 0 fully saturated rings. The van der Waals surface area contributed by atoms with Crippen LogP contribution in [0.3, 0.4) is 0 Å². The number of fused-ring (bicyclic) bond motifs is 1. The van der Waals surface area contributed by atoms with Crippen molar-refractivity contribution in [2.24, 2.45) is 0 Å². The Morgan fingerprint density at radius 1 is 1.29 bits per heavy atom. The van der Waals surface area contributed by atoms with Crippen molar-refractivity contribution in [3.05, 3.63) is 52.1 Å². The summed E-state index contributed by atoms with van der Waals surface area (Å²) in [7, 11) is 2.06. The van der Waals surface area contributed by atoms with E-state index in [4.69, 9.17) is 16.6 Å². The number of halogens is 1. The van der Waals surface area contributed by atoms with Gasteiger partial charge in [-0.25, -0.2) is 9.97 Å². The molecule has 108 valence electrons. The smallest absolute Gasteiger partial charge is 0.136 e. The molecule has 1 aromatic carbocycles. The molecule has 0 aliphatic heterocycles. The third kappa shape index (κ3) is 2.87. The minimum absolute atomic E-state index is 0.422. The summed E-state index contributed by atoms with van der Waals surface area (Å²) in [5.41, 5.74) is 3.88. The van der Waals surface area contributed by atoms with Crippen LogP contribution in [0.25, 0.3) is 10.8 Å². The summed E-state index contributed by atoms with van der Waals surface area (Å²) in [5.74, 6) is 1.39. The van der Waals surface area contributed by atoms with Crippen molar-refractivity contribution in [3.8, 4) is 0 Å². The van der Waals surface area contributed by atoms with Gasteiger partial charge >= 0.3 is 0 Å². The number of aryl methyl sites for hydroxylation is 1. The van der Waals surface area contributed by atoms with E-state index in [1.54, 1.807) is 11.3 Å². The molecule has 0 unspecified atom stereocenters. The molecule has 0 atom stereocenters. The van der Waals surface area contributed by atoms with Crippen LogP contribution in [0.1, 0.15) is 16.3 Å². The lowest BCUT2D eigenvalue weighted by Crippen LogP contribution is -2.18. The number of pyridine rings is 1. The largest absolute Gasteiger partial charge is 0.354 e. The van der Waals surface area contributed by atoms with Crippen LogP contribution in [0.15, 0.2) is 35.8 Å². The summed E-state index contributed by atoms with van der Waals surface area (Å²) in [4.78, 5) is 12.4. The third-order valence-corrected chi connectivity index (χ3v) is 4.69. The fourth-order valence-corrected chi connectivity index (χ4v) is 3.33. The van der Waals surface area contributed by atoms with Gasteiger partial charge in [-0.1, -0.05) is 24.3 Å². The van der Waals surface area contributed by atoms with Gasteiger partial charge in [0.05, 0.1) is 29.3 Å². The molecule has 0 N–H and O–H groups in total. The van der Waals surface area contributed by atoms with Gasteiger partial charge in [0.1, 0.15) is 5.82 Å². The van der Waals surface area contributed by atoms with Gasteiger partial charge in [0.25, 0.3) is 0 Å². The Morgan fingerprint density at radius 3 is 2.81 bits per heavy atom. The maximum absolute atomic E-state index is 5.98. The van der Waals surface area contributed by atoms with Crippen LogP contribution in [0.2, 0.25) is 0 Å². The number of nitrogens with zero attached hydrogens (tertiary/aromatic N) is 3. The highest BCUT2D eigenvalue weighted by atomic mass is 35.5. The number of alkyl halides is 1. The molecule has 0 amide bonds. The van der Waals surface area contributed by atoms with Gasteiger partial charge in [0.2, 0.25) is 0 Å². The van der Waals surface area contributed by atoms with Crippen LogP contribution in [0.5, 0.6) is 0 Å². The average molecular weight is 318 g/mol. The van der Waals surface area contributed by atoms with Crippen LogP contribution >= 0.6 is 22.9 Å². The molecule has 3 rings (SSSR count). The van der Waals surface area contributed by atoms with Crippen LogP contribution in [0.4, 0.5) is 5.82 Å². The average Bonchev–Trinajstić information content (AvgIpc) is 2.91. The summed E-state index contributed by atoms with van der Waals surface area (Å²) in [6.07, 6.45) is 0. The second kappa shape index (κ2) is 6.00. The Morgan fingerprint density at radius 2 is 2.10 bits per heavy atom. The van der Waals surface area contributed by atoms with Crippen LogP contribution in [-0.4, -0.2) is 17.0 Å². The predicted molar refractivity (Wildman–Crippen MR) is 90.3 cm³/mol. The highest BCUT2D eigenvalue weighted by Gasteiger charge is 2.12. The van der Waals surface area contributed by atoms with Gasteiger partial charge in [0, 0.05) is 17.3 Å². The van der Waals surface area contributed by atoms with E-state index in [-0.39, 0.29) is 0 Å². The quantitative estimate of drug-likeness (QED) is 0.669. The lowest BCUT2D eigenvalue weighted by molar-refractivity contribution is 0.901. The predicted octanol–water partition coefficient (Wildman–Crippen LogP) is 4.37. The van der Waals surface area contributed by atoms with Crippen molar-refractivity contribution in [1.29, 1.82) is 0 Å². The number of hydrogen-bond donors (Lipinski definition) is 0. The van der Waals surface area contributed by atoms with Crippen LogP contribution < -0.4 is 4.90 Å². The molecule has 3 aromatic rings. The Balaban J connectivity index is 2.04. The Bertz CT molecular complexity index is 769. The molecule has 0 saturated heterocycles. The van der Waals surface area contributed by atoms with E-state index in [1.807, 2.05) is 24.6 Å². The molecule has 0 aliphatic rings. The van der Waals surface area contributed by atoms with E-state index in [0.29, 0.717) is 5.88 Å². The molecule has 0 bridgehead atoms. The van der Waals surface area contributed by atoms with Crippen molar-refractivity contribution < 1.29 is 0 Å². The molecule has 5 heteroatoms. The van der Waals surface area contributed by atoms with Crippen molar-refractivity contribution >= 4 is 39.5 Å². The van der Waals surface area contributed by atoms with Gasteiger partial charge in [-0.15, -0.1) is 22.9 Å². The first-order chi connectivity index (χ1) is 10.2. The number of anilines is 1. The van der Waals surface area contributed by atoms with E-state index >= 15 is 0 Å². The van der Waals surface area contributed by atoms with E-state index < -0.39 is 0 Å². The number of aromatic nitrogens is 2. The van der Waals surface area contributed by atoms with Crippen LogP contribution in [0, 0.1) is 6.92 Å². The zero-order chi connectivity index (χ0) is 14.8. The van der Waals surface area contributed by atoms with Gasteiger partial charge in [-0.2, -0.15) is 0 Å². The van der Waals surface area contributed by atoms with Gasteiger partial charge in [-0.05, 0) is 18.4 Å². The standard InChI is InChI=1S/C16H16ClN3S/c1-11-15(21-10-18-11)9-20(2)16-14-6-4-3-5-12(14)7-13(8-17)19-16/h3-7,10H,8-9H2,1-2H3. The number of benzene rings is 1. The molecule has 2 aromatic heterocycles. The monoisotopic (exact) mass is 317 g/mol. The molecule has 0 aliphatic carbocycles. The van der Waals surface area contributed by atoms with Crippen LogP contribution in [-0.2, 0) is 12.4 Å². The summed E-state index contributed by atoms with van der Waals surface area (Å²) in [6.45, 7) is 2.85. The van der Waals surface area contributed by atoms with E-state index in [9.17, 15) is 0 Å². The first-order valence-corrected chi connectivity index (χ1v) is 8.15. The number of thiazole rings is 1. The van der Waals surface area contributed by atoms with E-state index in [2.05, 4.69) is 35.1 Å². The summed E-state index contributed by atoms with van der Waals surface area (Å²) >= 11 is 7.66. The van der Waals surface area contributed by atoms with Crippen molar-refractivity contribution in [3.63, 3.8) is 0 Å². The number of hydrogen-bond acceptors (Lipinski definition) is 4. The second-order valence-electron chi connectivity index (χ2n) is 5.01. The Kier molecular flexibility index (Phi) is 4.08. The molecule has 21 heavy (non-hydrogen) atoms. The normalized spacial score (nSPS) is 11.0. The van der Waals surface area contributed by atoms with Gasteiger partial charge in [-0.3, -0.25) is 0 Å². The highest BCUT2D eigenvalue weighted by Crippen LogP contribution is 2.27. The maximum Gasteiger partial charge on any atom is 0.136 e. The zero-order valence-corrected chi connectivity index (χ0v) is 13.6. The van der Waals surface area contributed by atoms with Crippen molar-refractivity contribution in [2.45, 2.75) is 19.3 Å². The second-order valence-corrected chi connectivity index (χ2v) is 6.22. The topological polar surface area (TPSA) is 29.0 Å². The molecule has 3 nitrogen and oxygen atoms in total. The fraction of sp³-hybridized carbons (Fsp3) is 0.250. The Labute approximate surface area is 133 Å². The highest BCUT2D eigenvalue weighted by molar-refractivity contribution is 7.09. The SMILES string of the molecule is Cc1ncsc1CN(C)c1nc(CCl)cc2ccccc12. The fourth-order valence-electron chi connectivity index (χ4n) is 2.36. The minimum Gasteiger partial charge on any atom is -0.354 e. The lowest BCUT2D eigenvalue weighted by atomic mass is 10.1. The summed E-state index contributed by atoms with van der Waals surface area (Å²) in [6, 6.07) is 10.3. The molecule has 0 spiro atoms. The maximum atomic E-state index is 5.98. The summed E-state index contributed by atoms with van der Waals surface area (Å²) < 4.78 is 0. The third-order valence-electron chi connectivity index (χ3n) is 3.50. The van der Waals surface area contributed by atoms with Gasteiger partial charge < -0.3 is 4.90 Å². The van der Waals surface area contributed by atoms with E-state index in [0.717, 1.165) is 29.1 Å². The number of rotatable bonds is 4. The van der Waals surface area contributed by atoms with Crippen molar-refractivity contribution in [2.75, 3.05) is 11.9 Å². The first-order valence-electron chi connectivity index (χ1n) is 6.73. The molecular weight excluding hydrogens is 302 g/mol. The molecule has 0 radical (unpaired) electrons. The van der Waals surface area contributed by atoms with E-state index in [1.165, 1.54) is 10.3 Å². The van der Waals surface area contributed by atoms with Gasteiger partial charge in [0.15, 0.2) is 0 Å². The van der Waals surface area contributed by atoms with Crippen molar-refractivity contribution in [1.82, 2.24) is 9.97 Å². The molecule has 2 heterocycles. The Hall–Kier alpha value is -1.65. The minimum atomic E-state index is 0.422. The molecule has 0 saturated carbocycles. The zero-order valence-electron chi connectivity index (χ0n) is 12.0. The molecular formula is C16H16ClN3S.